The van der Waals surface area contributed by atoms with Gasteiger partial charge in [-0.25, -0.2) is 14.3 Å². The Kier molecular flexibility index (Phi) is 5.40. The van der Waals surface area contributed by atoms with E-state index in [2.05, 4.69) is 15.7 Å². The van der Waals surface area contributed by atoms with E-state index in [4.69, 9.17) is 4.74 Å². The van der Waals surface area contributed by atoms with E-state index in [9.17, 15) is 9.59 Å². The van der Waals surface area contributed by atoms with Crippen molar-refractivity contribution in [2.45, 2.75) is 20.3 Å². The molecule has 1 saturated heterocycles. The molecule has 1 fully saturated rings. The number of aromatic nitrogens is 2. The molecule has 1 aromatic heterocycles. The third-order valence-corrected chi connectivity index (χ3v) is 4.08. The zero-order valence-corrected chi connectivity index (χ0v) is 15.0. The SMILES string of the molecule is Cc1ccc(-n2nc(C)cc2NC(=O)NCCN2CCCOC2=O)cc1. The summed E-state index contributed by atoms with van der Waals surface area (Å²) in [6, 6.07) is 9.35. The Morgan fingerprint density at radius 2 is 2.04 bits per heavy atom. The van der Waals surface area contributed by atoms with Gasteiger partial charge in [0.05, 0.1) is 18.0 Å². The Morgan fingerprint density at radius 1 is 1.27 bits per heavy atom. The minimum absolute atomic E-state index is 0.327. The van der Waals surface area contributed by atoms with Crippen LogP contribution in [-0.2, 0) is 4.74 Å². The number of hydrogen-bond donors (Lipinski definition) is 2. The molecular weight excluding hydrogens is 334 g/mol. The number of hydrogen-bond acceptors (Lipinski definition) is 4. The fourth-order valence-electron chi connectivity index (χ4n) is 2.74. The second-order valence-corrected chi connectivity index (χ2v) is 6.25. The van der Waals surface area contributed by atoms with E-state index >= 15 is 0 Å². The highest BCUT2D eigenvalue weighted by Crippen LogP contribution is 2.17. The van der Waals surface area contributed by atoms with Crippen LogP contribution in [0.25, 0.3) is 5.69 Å². The fraction of sp³-hybridized carbons (Fsp3) is 0.389. The number of ether oxygens (including phenoxy) is 1. The Labute approximate surface area is 152 Å². The van der Waals surface area contributed by atoms with Gasteiger partial charge in [0.2, 0.25) is 0 Å². The third kappa shape index (κ3) is 4.33. The predicted octanol–water partition coefficient (Wildman–Crippen LogP) is 2.45. The molecule has 2 heterocycles. The van der Waals surface area contributed by atoms with Crippen LogP contribution in [0.5, 0.6) is 0 Å². The molecule has 0 saturated carbocycles. The van der Waals surface area contributed by atoms with Crippen molar-refractivity contribution in [2.24, 2.45) is 0 Å². The van der Waals surface area contributed by atoms with E-state index in [0.717, 1.165) is 23.4 Å². The summed E-state index contributed by atoms with van der Waals surface area (Å²) in [5, 5.41) is 10.00. The van der Waals surface area contributed by atoms with Crippen LogP contribution in [0.1, 0.15) is 17.7 Å². The standard InChI is InChI=1S/C18H23N5O3/c1-13-4-6-15(7-5-13)23-16(12-14(2)21-23)20-17(24)19-8-10-22-9-3-11-26-18(22)25/h4-7,12H,3,8-11H2,1-2H3,(H2,19,20,24). The molecule has 0 aliphatic carbocycles. The third-order valence-electron chi connectivity index (χ3n) is 4.08. The van der Waals surface area contributed by atoms with Crippen molar-refractivity contribution in [2.75, 3.05) is 31.6 Å². The van der Waals surface area contributed by atoms with Crippen LogP contribution in [0.2, 0.25) is 0 Å². The lowest BCUT2D eigenvalue weighted by Gasteiger charge is -2.26. The van der Waals surface area contributed by atoms with Gasteiger partial charge in [-0.2, -0.15) is 5.10 Å². The van der Waals surface area contributed by atoms with Gasteiger partial charge in [0.15, 0.2) is 0 Å². The van der Waals surface area contributed by atoms with Crippen LogP contribution < -0.4 is 10.6 Å². The number of carbonyl (C=O) groups is 2. The molecule has 1 aromatic carbocycles. The van der Waals surface area contributed by atoms with Crippen LogP contribution in [0.3, 0.4) is 0 Å². The second kappa shape index (κ2) is 7.90. The summed E-state index contributed by atoms with van der Waals surface area (Å²) in [5.74, 6) is 0.584. The Hall–Kier alpha value is -3.03. The lowest BCUT2D eigenvalue weighted by Crippen LogP contribution is -2.43. The lowest BCUT2D eigenvalue weighted by molar-refractivity contribution is 0.0736. The molecule has 0 radical (unpaired) electrons. The van der Waals surface area contributed by atoms with E-state index in [0.29, 0.717) is 32.1 Å². The van der Waals surface area contributed by atoms with Gasteiger partial charge in [0.25, 0.3) is 0 Å². The van der Waals surface area contributed by atoms with Crippen molar-refractivity contribution < 1.29 is 14.3 Å². The summed E-state index contributed by atoms with van der Waals surface area (Å²) < 4.78 is 6.66. The summed E-state index contributed by atoms with van der Waals surface area (Å²) in [5.41, 5.74) is 2.83. The van der Waals surface area contributed by atoms with Crippen molar-refractivity contribution in [3.8, 4) is 5.69 Å². The molecule has 138 valence electrons. The van der Waals surface area contributed by atoms with Gasteiger partial charge >= 0.3 is 12.1 Å². The van der Waals surface area contributed by atoms with Gasteiger partial charge in [0, 0.05) is 25.7 Å². The Bertz CT molecular complexity index is 785. The monoisotopic (exact) mass is 357 g/mol. The number of benzene rings is 1. The maximum Gasteiger partial charge on any atom is 0.409 e. The Balaban J connectivity index is 1.57. The van der Waals surface area contributed by atoms with Crippen molar-refractivity contribution in [3.05, 3.63) is 41.6 Å². The maximum atomic E-state index is 12.2. The first-order valence-corrected chi connectivity index (χ1v) is 8.63. The molecule has 1 aliphatic rings. The van der Waals surface area contributed by atoms with Gasteiger partial charge in [0.1, 0.15) is 5.82 Å². The van der Waals surface area contributed by atoms with E-state index in [-0.39, 0.29) is 12.1 Å². The van der Waals surface area contributed by atoms with Crippen LogP contribution >= 0.6 is 0 Å². The molecule has 1 aliphatic heterocycles. The first kappa shape index (κ1) is 17.8. The molecule has 2 N–H and O–H groups in total. The van der Waals surface area contributed by atoms with E-state index in [1.54, 1.807) is 15.6 Å². The number of nitrogens with zero attached hydrogens (tertiary/aromatic N) is 3. The zero-order valence-electron chi connectivity index (χ0n) is 15.0. The molecule has 26 heavy (non-hydrogen) atoms. The summed E-state index contributed by atoms with van der Waals surface area (Å²) in [4.78, 5) is 25.3. The number of carbonyl (C=O) groups excluding carboxylic acids is 2. The summed E-state index contributed by atoms with van der Waals surface area (Å²) in [6.45, 7) is 5.77. The second-order valence-electron chi connectivity index (χ2n) is 6.25. The molecule has 0 bridgehead atoms. The smallest absolute Gasteiger partial charge is 0.409 e. The maximum absolute atomic E-state index is 12.2. The van der Waals surface area contributed by atoms with E-state index in [1.165, 1.54) is 0 Å². The molecule has 3 rings (SSSR count). The van der Waals surface area contributed by atoms with Crippen molar-refractivity contribution in [1.82, 2.24) is 20.0 Å². The molecule has 8 nitrogen and oxygen atoms in total. The molecule has 2 aromatic rings. The summed E-state index contributed by atoms with van der Waals surface area (Å²) in [7, 11) is 0. The molecule has 8 heteroatoms. The lowest BCUT2D eigenvalue weighted by atomic mass is 10.2. The molecule has 3 amide bonds. The normalized spacial score (nSPS) is 14.1. The minimum Gasteiger partial charge on any atom is -0.449 e. The van der Waals surface area contributed by atoms with Crippen LogP contribution in [0, 0.1) is 13.8 Å². The number of aryl methyl sites for hydroxylation is 2. The van der Waals surface area contributed by atoms with Gasteiger partial charge in [-0.1, -0.05) is 17.7 Å². The number of rotatable bonds is 5. The molecule has 0 spiro atoms. The summed E-state index contributed by atoms with van der Waals surface area (Å²) >= 11 is 0. The van der Waals surface area contributed by atoms with Gasteiger partial charge < -0.3 is 15.0 Å². The number of cyclic esters (lactones) is 1. The number of amides is 3. The van der Waals surface area contributed by atoms with Crippen molar-refractivity contribution >= 4 is 17.9 Å². The largest absolute Gasteiger partial charge is 0.449 e. The van der Waals surface area contributed by atoms with Gasteiger partial charge in [-0.15, -0.1) is 0 Å². The predicted molar refractivity (Wildman–Crippen MR) is 97.6 cm³/mol. The highest BCUT2D eigenvalue weighted by Gasteiger charge is 2.19. The number of urea groups is 1. The highest BCUT2D eigenvalue weighted by atomic mass is 16.6. The first-order chi connectivity index (χ1) is 12.5. The topological polar surface area (TPSA) is 88.5 Å². The van der Waals surface area contributed by atoms with Crippen LogP contribution in [0.15, 0.2) is 30.3 Å². The average molecular weight is 357 g/mol. The van der Waals surface area contributed by atoms with Gasteiger partial charge in [-0.3, -0.25) is 5.32 Å². The van der Waals surface area contributed by atoms with E-state index in [1.807, 2.05) is 38.1 Å². The van der Waals surface area contributed by atoms with Crippen LogP contribution in [-0.4, -0.2) is 53.0 Å². The van der Waals surface area contributed by atoms with Crippen LogP contribution in [0.4, 0.5) is 15.4 Å². The van der Waals surface area contributed by atoms with Gasteiger partial charge in [-0.05, 0) is 32.4 Å². The van der Waals surface area contributed by atoms with E-state index < -0.39 is 0 Å². The number of anilines is 1. The average Bonchev–Trinajstić information content (AvgIpc) is 2.97. The quantitative estimate of drug-likeness (QED) is 0.860. The Morgan fingerprint density at radius 3 is 2.77 bits per heavy atom. The first-order valence-electron chi connectivity index (χ1n) is 8.63. The van der Waals surface area contributed by atoms with Crippen molar-refractivity contribution in [3.63, 3.8) is 0 Å². The van der Waals surface area contributed by atoms with Crippen molar-refractivity contribution in [1.29, 1.82) is 0 Å². The zero-order chi connectivity index (χ0) is 18.5. The summed E-state index contributed by atoms with van der Waals surface area (Å²) in [6.07, 6.45) is 0.485. The molecule has 0 atom stereocenters. The molecular formula is C18H23N5O3. The minimum atomic E-state index is -0.344. The highest BCUT2D eigenvalue weighted by molar-refractivity contribution is 5.88. The molecule has 0 unspecified atom stereocenters. The fourth-order valence-corrected chi connectivity index (χ4v) is 2.74. The number of nitrogens with one attached hydrogen (secondary N) is 2.